The Bertz CT molecular complexity index is 538. The number of benzene rings is 2. The average molecular weight is 419 g/mol. The second kappa shape index (κ2) is 6.04. The Morgan fingerprint density at radius 2 is 1.72 bits per heavy atom. The van der Waals surface area contributed by atoms with E-state index >= 15 is 0 Å². The van der Waals surface area contributed by atoms with Crippen molar-refractivity contribution >= 4 is 38.5 Å². The Morgan fingerprint density at radius 1 is 1.11 bits per heavy atom. The SMILES string of the molecule is C[C@@H](O)c1ccc(Oc2ccc(I)cc2)cc1Br. The molecule has 2 rings (SSSR count). The Balaban J connectivity index is 2.20. The smallest absolute Gasteiger partial charge is 0.128 e. The van der Waals surface area contributed by atoms with Crippen molar-refractivity contribution in [2.24, 2.45) is 0 Å². The van der Waals surface area contributed by atoms with Crippen LogP contribution in [0.5, 0.6) is 11.5 Å². The van der Waals surface area contributed by atoms with Crippen LogP contribution in [-0.2, 0) is 0 Å². The molecule has 0 heterocycles. The van der Waals surface area contributed by atoms with Crippen molar-refractivity contribution < 1.29 is 9.84 Å². The predicted octanol–water partition coefficient (Wildman–Crippen LogP) is 4.90. The van der Waals surface area contributed by atoms with Crippen LogP contribution in [0.1, 0.15) is 18.6 Å². The highest BCUT2D eigenvalue weighted by Gasteiger charge is 2.07. The monoisotopic (exact) mass is 418 g/mol. The third-order valence-corrected chi connectivity index (χ3v) is 3.88. The molecule has 0 spiro atoms. The fraction of sp³-hybridized carbons (Fsp3) is 0.143. The van der Waals surface area contributed by atoms with Crippen molar-refractivity contribution in [3.05, 3.63) is 56.1 Å². The molecular formula is C14H12BrIO2. The van der Waals surface area contributed by atoms with Crippen LogP contribution in [0.3, 0.4) is 0 Å². The first kappa shape index (κ1) is 13.8. The number of halogens is 2. The standard InChI is InChI=1S/C14H12BrIO2/c1-9(17)13-7-6-12(8-14(13)15)18-11-4-2-10(16)3-5-11/h2-9,17H,1H3/t9-/m1/s1. The van der Waals surface area contributed by atoms with Gasteiger partial charge in [0.05, 0.1) is 6.10 Å². The maximum atomic E-state index is 9.54. The summed E-state index contributed by atoms with van der Waals surface area (Å²) < 4.78 is 7.75. The van der Waals surface area contributed by atoms with Crippen LogP contribution < -0.4 is 4.74 Å². The number of hydrogen-bond donors (Lipinski definition) is 1. The number of rotatable bonds is 3. The van der Waals surface area contributed by atoms with Crippen molar-refractivity contribution in [3.8, 4) is 11.5 Å². The van der Waals surface area contributed by atoms with Gasteiger partial charge < -0.3 is 9.84 Å². The van der Waals surface area contributed by atoms with Gasteiger partial charge in [-0.3, -0.25) is 0 Å². The van der Waals surface area contributed by atoms with Crippen LogP contribution in [0.4, 0.5) is 0 Å². The highest BCUT2D eigenvalue weighted by atomic mass is 127. The molecule has 0 aliphatic carbocycles. The molecule has 1 atom stereocenters. The lowest BCUT2D eigenvalue weighted by molar-refractivity contribution is 0.198. The minimum atomic E-state index is -0.494. The van der Waals surface area contributed by atoms with Crippen LogP contribution in [0.2, 0.25) is 0 Å². The molecule has 2 aromatic rings. The summed E-state index contributed by atoms with van der Waals surface area (Å²) in [6.07, 6.45) is -0.494. The van der Waals surface area contributed by atoms with E-state index in [0.717, 1.165) is 21.5 Å². The first-order valence-corrected chi connectivity index (χ1v) is 7.34. The molecule has 18 heavy (non-hydrogen) atoms. The van der Waals surface area contributed by atoms with Gasteiger partial charge in [-0.05, 0) is 71.5 Å². The fourth-order valence-electron chi connectivity index (χ4n) is 1.55. The topological polar surface area (TPSA) is 29.5 Å². The zero-order chi connectivity index (χ0) is 13.1. The molecule has 0 fully saturated rings. The van der Waals surface area contributed by atoms with E-state index in [1.54, 1.807) is 6.92 Å². The van der Waals surface area contributed by atoms with E-state index in [-0.39, 0.29) is 0 Å². The summed E-state index contributed by atoms with van der Waals surface area (Å²) in [5.41, 5.74) is 0.852. The van der Waals surface area contributed by atoms with Crippen LogP contribution in [0, 0.1) is 3.57 Å². The van der Waals surface area contributed by atoms with Gasteiger partial charge >= 0.3 is 0 Å². The summed E-state index contributed by atoms with van der Waals surface area (Å²) in [7, 11) is 0. The molecule has 2 nitrogen and oxygen atoms in total. The van der Waals surface area contributed by atoms with Gasteiger partial charge in [0, 0.05) is 8.04 Å². The molecule has 2 aromatic carbocycles. The van der Waals surface area contributed by atoms with E-state index < -0.39 is 6.10 Å². The van der Waals surface area contributed by atoms with E-state index in [2.05, 4.69) is 38.5 Å². The van der Waals surface area contributed by atoms with Crippen molar-refractivity contribution in [2.45, 2.75) is 13.0 Å². The van der Waals surface area contributed by atoms with Gasteiger partial charge in [-0.2, -0.15) is 0 Å². The molecule has 94 valence electrons. The normalized spacial score (nSPS) is 12.2. The highest BCUT2D eigenvalue weighted by Crippen LogP contribution is 2.30. The molecule has 1 N–H and O–H groups in total. The molecule has 0 aliphatic rings. The molecule has 0 unspecified atom stereocenters. The molecule has 0 saturated heterocycles. The fourth-order valence-corrected chi connectivity index (χ4v) is 2.60. The van der Waals surface area contributed by atoms with E-state index in [1.807, 2.05) is 42.5 Å². The zero-order valence-electron chi connectivity index (χ0n) is 9.73. The second-order valence-corrected chi connectivity index (χ2v) is 6.02. The summed E-state index contributed by atoms with van der Waals surface area (Å²) in [6.45, 7) is 1.74. The number of aliphatic hydroxyl groups excluding tert-OH is 1. The number of aliphatic hydroxyl groups is 1. The Labute approximate surface area is 128 Å². The summed E-state index contributed by atoms with van der Waals surface area (Å²) in [4.78, 5) is 0. The summed E-state index contributed by atoms with van der Waals surface area (Å²) >= 11 is 5.68. The van der Waals surface area contributed by atoms with E-state index in [0.29, 0.717) is 0 Å². The second-order valence-electron chi connectivity index (χ2n) is 3.92. The lowest BCUT2D eigenvalue weighted by atomic mass is 10.1. The first-order valence-electron chi connectivity index (χ1n) is 5.47. The van der Waals surface area contributed by atoms with Crippen LogP contribution in [0.15, 0.2) is 46.9 Å². The minimum Gasteiger partial charge on any atom is -0.457 e. The molecule has 0 bridgehead atoms. The van der Waals surface area contributed by atoms with Crippen LogP contribution in [0.25, 0.3) is 0 Å². The Morgan fingerprint density at radius 3 is 2.28 bits per heavy atom. The summed E-state index contributed by atoms with van der Waals surface area (Å²) in [5.74, 6) is 1.54. The number of hydrogen-bond acceptors (Lipinski definition) is 2. The van der Waals surface area contributed by atoms with Gasteiger partial charge in [0.1, 0.15) is 11.5 Å². The molecule has 4 heteroatoms. The zero-order valence-corrected chi connectivity index (χ0v) is 13.5. The molecule has 0 saturated carbocycles. The molecular weight excluding hydrogens is 407 g/mol. The quantitative estimate of drug-likeness (QED) is 0.718. The van der Waals surface area contributed by atoms with Gasteiger partial charge in [0.15, 0.2) is 0 Å². The van der Waals surface area contributed by atoms with Crippen molar-refractivity contribution in [1.29, 1.82) is 0 Å². The molecule has 0 radical (unpaired) electrons. The maximum Gasteiger partial charge on any atom is 0.128 e. The lowest BCUT2D eigenvalue weighted by Crippen LogP contribution is -1.93. The first-order chi connectivity index (χ1) is 8.56. The third kappa shape index (κ3) is 3.46. The summed E-state index contributed by atoms with van der Waals surface area (Å²) in [6, 6.07) is 13.4. The predicted molar refractivity (Wildman–Crippen MR) is 84.0 cm³/mol. The largest absolute Gasteiger partial charge is 0.457 e. The van der Waals surface area contributed by atoms with Gasteiger partial charge in [-0.1, -0.05) is 22.0 Å². The average Bonchev–Trinajstić information content (AvgIpc) is 2.32. The van der Waals surface area contributed by atoms with Crippen molar-refractivity contribution in [3.63, 3.8) is 0 Å². The van der Waals surface area contributed by atoms with Crippen molar-refractivity contribution in [1.82, 2.24) is 0 Å². The Kier molecular flexibility index (Phi) is 4.64. The minimum absolute atomic E-state index is 0.494. The van der Waals surface area contributed by atoms with Gasteiger partial charge in [0.25, 0.3) is 0 Å². The van der Waals surface area contributed by atoms with E-state index in [9.17, 15) is 5.11 Å². The van der Waals surface area contributed by atoms with Gasteiger partial charge in [-0.25, -0.2) is 0 Å². The highest BCUT2D eigenvalue weighted by molar-refractivity contribution is 14.1. The van der Waals surface area contributed by atoms with E-state index in [1.165, 1.54) is 3.57 Å². The van der Waals surface area contributed by atoms with Crippen molar-refractivity contribution in [2.75, 3.05) is 0 Å². The van der Waals surface area contributed by atoms with Gasteiger partial charge in [-0.15, -0.1) is 0 Å². The lowest BCUT2D eigenvalue weighted by Gasteiger charge is -2.10. The maximum absolute atomic E-state index is 9.54. The van der Waals surface area contributed by atoms with Crippen LogP contribution in [-0.4, -0.2) is 5.11 Å². The molecule has 0 aliphatic heterocycles. The molecule has 0 amide bonds. The van der Waals surface area contributed by atoms with Crippen LogP contribution >= 0.6 is 38.5 Å². The number of ether oxygens (including phenoxy) is 1. The van der Waals surface area contributed by atoms with E-state index in [4.69, 9.17) is 4.74 Å². The Hall–Kier alpha value is -0.590. The molecule has 0 aromatic heterocycles. The van der Waals surface area contributed by atoms with Gasteiger partial charge in [0.2, 0.25) is 0 Å². The summed E-state index contributed by atoms with van der Waals surface area (Å²) in [5, 5.41) is 9.54. The third-order valence-electron chi connectivity index (χ3n) is 2.47.